The molecule has 1 aromatic carbocycles. The second-order valence-electron chi connectivity index (χ2n) is 4.32. The van der Waals surface area contributed by atoms with E-state index in [1.807, 2.05) is 6.92 Å². The van der Waals surface area contributed by atoms with Gasteiger partial charge in [0.15, 0.2) is 0 Å². The Morgan fingerprint density at radius 2 is 2.37 bits per heavy atom. The molecule has 0 saturated heterocycles. The van der Waals surface area contributed by atoms with E-state index in [4.69, 9.17) is 16.3 Å². The van der Waals surface area contributed by atoms with E-state index in [9.17, 15) is 9.18 Å². The second kappa shape index (κ2) is 6.06. The molecule has 0 aliphatic carbocycles. The molecule has 0 bridgehead atoms. The minimum Gasteiger partial charge on any atom is -0.488 e. The van der Waals surface area contributed by atoms with Gasteiger partial charge < -0.3 is 10.1 Å². The van der Waals surface area contributed by atoms with Gasteiger partial charge in [-0.2, -0.15) is 0 Å². The summed E-state index contributed by atoms with van der Waals surface area (Å²) in [6.45, 7) is 2.59. The van der Waals surface area contributed by atoms with Crippen molar-refractivity contribution in [3.05, 3.63) is 40.2 Å². The number of halogens is 2. The quantitative estimate of drug-likeness (QED) is 0.921. The molecular weight excluding hydrogens is 269 g/mol. The zero-order valence-electron chi connectivity index (χ0n) is 10.6. The van der Waals surface area contributed by atoms with E-state index in [0.717, 1.165) is 5.56 Å². The summed E-state index contributed by atoms with van der Waals surface area (Å²) in [5.74, 6) is 0.371. The lowest BCUT2D eigenvalue weighted by Crippen LogP contribution is -2.32. The zero-order valence-corrected chi connectivity index (χ0v) is 11.4. The largest absolute Gasteiger partial charge is 0.488 e. The van der Waals surface area contributed by atoms with Gasteiger partial charge in [0.05, 0.1) is 11.4 Å². The summed E-state index contributed by atoms with van der Waals surface area (Å²) in [6.07, 6.45) is 1.82. The molecule has 0 saturated carbocycles. The van der Waals surface area contributed by atoms with Gasteiger partial charge in [-0.25, -0.2) is 4.39 Å². The van der Waals surface area contributed by atoms with Crippen LogP contribution in [0.5, 0.6) is 5.75 Å². The first-order chi connectivity index (χ1) is 9.17. The van der Waals surface area contributed by atoms with Crippen molar-refractivity contribution in [1.82, 2.24) is 5.32 Å². The van der Waals surface area contributed by atoms with E-state index < -0.39 is 0 Å². The van der Waals surface area contributed by atoms with Crippen molar-refractivity contribution in [1.29, 1.82) is 0 Å². The minimum atomic E-state index is -0.118. The van der Waals surface area contributed by atoms with Gasteiger partial charge in [-0.1, -0.05) is 18.5 Å². The summed E-state index contributed by atoms with van der Waals surface area (Å²) in [5, 5.41) is 3.20. The van der Waals surface area contributed by atoms with Gasteiger partial charge in [-0.05, 0) is 36.1 Å². The number of hydrogen-bond acceptors (Lipinski definition) is 2. The highest BCUT2D eigenvalue weighted by Gasteiger charge is 2.21. The Morgan fingerprint density at radius 1 is 1.58 bits per heavy atom. The Kier molecular flexibility index (Phi) is 4.43. The lowest BCUT2D eigenvalue weighted by Gasteiger charge is -2.19. The van der Waals surface area contributed by atoms with Crippen molar-refractivity contribution in [2.45, 2.75) is 19.8 Å². The van der Waals surface area contributed by atoms with Crippen molar-refractivity contribution >= 4 is 17.5 Å². The van der Waals surface area contributed by atoms with Gasteiger partial charge in [0, 0.05) is 12.1 Å². The Labute approximate surface area is 116 Å². The number of carbonyl (C=O) groups excluding carboxylic acids is 1. The Balaban J connectivity index is 2.22. The number of nitrogens with one attached hydrogen (secondary N) is 1. The third kappa shape index (κ3) is 2.89. The number of carbonyl (C=O) groups is 1. The van der Waals surface area contributed by atoms with Crippen LogP contribution >= 0.6 is 11.6 Å². The number of rotatable bonds is 4. The molecule has 1 aliphatic rings. The van der Waals surface area contributed by atoms with Gasteiger partial charge >= 0.3 is 0 Å². The zero-order chi connectivity index (χ0) is 13.8. The van der Waals surface area contributed by atoms with E-state index in [0.29, 0.717) is 47.6 Å². The summed E-state index contributed by atoms with van der Waals surface area (Å²) in [7, 11) is 0. The van der Waals surface area contributed by atoms with Crippen LogP contribution in [0.3, 0.4) is 0 Å². The average molecular weight is 284 g/mol. The topological polar surface area (TPSA) is 38.3 Å². The van der Waals surface area contributed by atoms with Crippen LogP contribution in [0.15, 0.2) is 24.0 Å². The lowest BCUT2D eigenvalue weighted by atomic mass is 10.00. The summed E-state index contributed by atoms with van der Waals surface area (Å²) in [6, 6.07) is 3.34. The predicted octanol–water partition coefficient (Wildman–Crippen LogP) is 3.27. The highest BCUT2D eigenvalue weighted by Crippen LogP contribution is 2.32. The molecular formula is C14H15ClFNO2. The van der Waals surface area contributed by atoms with E-state index in [1.54, 1.807) is 12.1 Å². The van der Waals surface area contributed by atoms with Crippen LogP contribution in [0, 0.1) is 0 Å². The van der Waals surface area contributed by atoms with Crippen molar-refractivity contribution in [2.24, 2.45) is 0 Å². The maximum absolute atomic E-state index is 12.5. The highest BCUT2D eigenvalue weighted by atomic mass is 35.5. The Bertz CT molecular complexity index is 528. The third-order valence-corrected chi connectivity index (χ3v) is 3.55. The average Bonchev–Trinajstić information content (AvgIpc) is 2.43. The molecule has 5 heteroatoms. The Hall–Kier alpha value is -1.55. The number of fused-ring (bicyclic) bond motifs is 1. The molecule has 1 heterocycles. The van der Waals surface area contributed by atoms with Crippen LogP contribution in [0.1, 0.15) is 29.3 Å². The van der Waals surface area contributed by atoms with E-state index in [1.165, 1.54) is 0 Å². The third-order valence-electron chi connectivity index (χ3n) is 3.13. The molecule has 2 rings (SSSR count). The first-order valence-corrected chi connectivity index (χ1v) is 6.55. The summed E-state index contributed by atoms with van der Waals surface area (Å²) < 4.78 is 18.0. The predicted molar refractivity (Wildman–Crippen MR) is 72.5 cm³/mol. The van der Waals surface area contributed by atoms with Crippen molar-refractivity contribution in [2.75, 3.05) is 13.2 Å². The fourth-order valence-electron chi connectivity index (χ4n) is 1.95. The fraction of sp³-hybridized carbons (Fsp3) is 0.357. The fourth-order valence-corrected chi connectivity index (χ4v) is 2.26. The van der Waals surface area contributed by atoms with Gasteiger partial charge in [-0.15, -0.1) is 0 Å². The molecule has 3 nitrogen and oxygen atoms in total. The SMILES string of the molecule is CCC(=CF)COc1ccc2c(c1Cl)CCNC2=O. The van der Waals surface area contributed by atoms with E-state index >= 15 is 0 Å². The molecule has 102 valence electrons. The van der Waals surface area contributed by atoms with Crippen LogP contribution in [-0.4, -0.2) is 19.1 Å². The van der Waals surface area contributed by atoms with Crippen LogP contribution < -0.4 is 10.1 Å². The van der Waals surface area contributed by atoms with Crippen molar-refractivity contribution in [3.8, 4) is 5.75 Å². The molecule has 1 amide bonds. The lowest BCUT2D eigenvalue weighted by molar-refractivity contribution is 0.0946. The molecule has 0 atom stereocenters. The molecule has 0 fully saturated rings. The molecule has 1 aromatic rings. The maximum atomic E-state index is 12.5. The first kappa shape index (κ1) is 13.9. The normalized spacial score (nSPS) is 14.9. The molecule has 1 N–H and O–H groups in total. The van der Waals surface area contributed by atoms with E-state index in [2.05, 4.69) is 5.32 Å². The van der Waals surface area contributed by atoms with Crippen molar-refractivity contribution in [3.63, 3.8) is 0 Å². The van der Waals surface area contributed by atoms with Crippen LogP contribution in [0.4, 0.5) is 4.39 Å². The number of ether oxygens (including phenoxy) is 1. The highest BCUT2D eigenvalue weighted by molar-refractivity contribution is 6.33. The molecule has 0 aromatic heterocycles. The molecule has 0 radical (unpaired) electrons. The molecule has 0 spiro atoms. The number of benzene rings is 1. The molecule has 0 unspecified atom stereocenters. The van der Waals surface area contributed by atoms with Crippen LogP contribution in [0.25, 0.3) is 0 Å². The summed E-state index contributed by atoms with van der Waals surface area (Å²) >= 11 is 6.24. The summed E-state index contributed by atoms with van der Waals surface area (Å²) in [5.41, 5.74) is 1.94. The monoisotopic (exact) mass is 283 g/mol. The number of amides is 1. The summed E-state index contributed by atoms with van der Waals surface area (Å²) in [4.78, 5) is 11.6. The van der Waals surface area contributed by atoms with Gasteiger partial charge in [0.2, 0.25) is 0 Å². The minimum absolute atomic E-state index is 0.118. The van der Waals surface area contributed by atoms with Crippen LogP contribution in [0.2, 0.25) is 5.02 Å². The van der Waals surface area contributed by atoms with Gasteiger partial charge in [-0.3, -0.25) is 4.79 Å². The maximum Gasteiger partial charge on any atom is 0.251 e. The van der Waals surface area contributed by atoms with Crippen molar-refractivity contribution < 1.29 is 13.9 Å². The number of hydrogen-bond donors (Lipinski definition) is 1. The first-order valence-electron chi connectivity index (χ1n) is 6.17. The molecule has 1 aliphatic heterocycles. The standard InChI is InChI=1S/C14H15ClFNO2/c1-2-9(7-16)8-19-12-4-3-11-10(13(12)15)5-6-17-14(11)18/h3-4,7H,2,5-6,8H2,1H3,(H,17,18). The smallest absolute Gasteiger partial charge is 0.251 e. The molecule has 19 heavy (non-hydrogen) atoms. The Morgan fingerprint density at radius 3 is 3.05 bits per heavy atom. The second-order valence-corrected chi connectivity index (χ2v) is 4.70. The van der Waals surface area contributed by atoms with Crippen LogP contribution in [-0.2, 0) is 6.42 Å². The van der Waals surface area contributed by atoms with E-state index in [-0.39, 0.29) is 12.5 Å². The van der Waals surface area contributed by atoms with Gasteiger partial charge in [0.25, 0.3) is 5.91 Å². The van der Waals surface area contributed by atoms with Gasteiger partial charge in [0.1, 0.15) is 12.4 Å².